The van der Waals surface area contributed by atoms with E-state index in [0.717, 1.165) is 12.8 Å². The predicted molar refractivity (Wildman–Crippen MR) is 118 cm³/mol. The standard InChI is InChI=1S/C24H46O5/c1-2-3-4-5-6-7-8-9-10-11-12-13-14-15-16-17-18-28-24-22(19-25)29-20-21(26)23(24)27/h4-5,21-27H,2-3,6-20H2,1H3/b5-4+/t21-,22+,23+,24+/m0/s1. The Hall–Kier alpha value is -0.460. The normalized spacial score (nSPS) is 25.1. The Balaban J connectivity index is 1.85. The molecule has 1 aliphatic rings. The zero-order valence-electron chi connectivity index (χ0n) is 18.6. The van der Waals surface area contributed by atoms with Crippen molar-refractivity contribution in [3.05, 3.63) is 12.2 Å². The van der Waals surface area contributed by atoms with Crippen LogP contribution in [-0.4, -0.2) is 59.6 Å². The maximum absolute atomic E-state index is 10.0. The summed E-state index contributed by atoms with van der Waals surface area (Å²) in [7, 11) is 0. The average molecular weight is 415 g/mol. The van der Waals surface area contributed by atoms with E-state index < -0.39 is 24.4 Å². The maximum Gasteiger partial charge on any atom is 0.114 e. The molecule has 1 saturated heterocycles. The molecule has 1 aliphatic heterocycles. The molecule has 1 heterocycles. The van der Waals surface area contributed by atoms with Crippen molar-refractivity contribution >= 4 is 0 Å². The Morgan fingerprint density at radius 1 is 0.828 bits per heavy atom. The topological polar surface area (TPSA) is 79.2 Å². The lowest BCUT2D eigenvalue weighted by molar-refractivity contribution is -0.211. The Morgan fingerprint density at radius 2 is 1.38 bits per heavy atom. The summed E-state index contributed by atoms with van der Waals surface area (Å²) < 4.78 is 11.0. The molecule has 0 bridgehead atoms. The number of ether oxygens (including phenoxy) is 2. The zero-order valence-corrected chi connectivity index (χ0v) is 18.6. The summed E-state index contributed by atoms with van der Waals surface area (Å²) in [6.45, 7) is 2.59. The Morgan fingerprint density at radius 3 is 1.97 bits per heavy atom. The van der Waals surface area contributed by atoms with Gasteiger partial charge < -0.3 is 24.8 Å². The van der Waals surface area contributed by atoms with Gasteiger partial charge in [-0.3, -0.25) is 0 Å². The van der Waals surface area contributed by atoms with Gasteiger partial charge in [0.25, 0.3) is 0 Å². The molecule has 5 nitrogen and oxygen atoms in total. The van der Waals surface area contributed by atoms with Crippen molar-refractivity contribution in [1.82, 2.24) is 0 Å². The third kappa shape index (κ3) is 12.7. The number of hydrogen-bond donors (Lipinski definition) is 3. The van der Waals surface area contributed by atoms with Crippen LogP contribution in [0, 0.1) is 0 Å². The van der Waals surface area contributed by atoms with Crippen LogP contribution in [0.15, 0.2) is 12.2 Å². The first-order chi connectivity index (χ1) is 14.2. The molecule has 4 atom stereocenters. The van der Waals surface area contributed by atoms with Crippen molar-refractivity contribution < 1.29 is 24.8 Å². The van der Waals surface area contributed by atoms with Crippen LogP contribution in [0.3, 0.4) is 0 Å². The van der Waals surface area contributed by atoms with E-state index in [9.17, 15) is 15.3 Å². The lowest BCUT2D eigenvalue weighted by atomic mass is 10.0. The molecular formula is C24H46O5. The highest BCUT2D eigenvalue weighted by atomic mass is 16.6. The highest BCUT2D eigenvalue weighted by molar-refractivity contribution is 4.87. The van der Waals surface area contributed by atoms with Crippen LogP contribution in [0.2, 0.25) is 0 Å². The van der Waals surface area contributed by atoms with Crippen molar-refractivity contribution in [2.45, 2.75) is 121 Å². The van der Waals surface area contributed by atoms with Crippen LogP contribution in [0.4, 0.5) is 0 Å². The molecule has 3 N–H and O–H groups in total. The zero-order chi connectivity index (χ0) is 21.2. The van der Waals surface area contributed by atoms with Gasteiger partial charge in [-0.25, -0.2) is 0 Å². The summed E-state index contributed by atoms with van der Waals surface area (Å²) in [4.78, 5) is 0. The Kier molecular flexibility index (Phi) is 16.8. The molecule has 0 aliphatic carbocycles. The summed E-state index contributed by atoms with van der Waals surface area (Å²) in [5.74, 6) is 0. The molecular weight excluding hydrogens is 368 g/mol. The van der Waals surface area contributed by atoms with E-state index in [4.69, 9.17) is 9.47 Å². The largest absolute Gasteiger partial charge is 0.394 e. The first-order valence-electron chi connectivity index (χ1n) is 12.1. The lowest BCUT2D eigenvalue weighted by Crippen LogP contribution is -2.55. The van der Waals surface area contributed by atoms with Crippen molar-refractivity contribution in [3.8, 4) is 0 Å². The molecule has 0 radical (unpaired) electrons. The van der Waals surface area contributed by atoms with Gasteiger partial charge in [-0.05, 0) is 25.7 Å². The van der Waals surface area contributed by atoms with Gasteiger partial charge in [0.05, 0.1) is 13.2 Å². The van der Waals surface area contributed by atoms with E-state index >= 15 is 0 Å². The van der Waals surface area contributed by atoms with Crippen LogP contribution in [0.5, 0.6) is 0 Å². The molecule has 172 valence electrons. The molecule has 1 rings (SSSR count). The predicted octanol–water partition coefficient (Wildman–Crippen LogP) is 4.52. The van der Waals surface area contributed by atoms with Gasteiger partial charge in [0.2, 0.25) is 0 Å². The van der Waals surface area contributed by atoms with Crippen molar-refractivity contribution in [1.29, 1.82) is 0 Å². The molecule has 0 unspecified atom stereocenters. The second-order valence-corrected chi connectivity index (χ2v) is 8.39. The van der Waals surface area contributed by atoms with Crippen LogP contribution in [0.1, 0.15) is 96.8 Å². The number of hydrogen-bond acceptors (Lipinski definition) is 5. The second kappa shape index (κ2) is 18.3. The number of unbranched alkanes of at least 4 members (excludes halogenated alkanes) is 12. The molecule has 0 aromatic rings. The minimum absolute atomic E-state index is 0.0443. The fraction of sp³-hybridized carbons (Fsp3) is 0.917. The van der Waals surface area contributed by atoms with Crippen LogP contribution >= 0.6 is 0 Å². The lowest BCUT2D eigenvalue weighted by Gasteiger charge is -2.37. The fourth-order valence-corrected chi connectivity index (χ4v) is 3.79. The highest BCUT2D eigenvalue weighted by Crippen LogP contribution is 2.19. The Bertz CT molecular complexity index is 385. The molecule has 29 heavy (non-hydrogen) atoms. The SMILES string of the molecule is CCC/C=C/CCCCCCCCCCCCCO[C@H]1[C@H](O)[C@@H](O)CO[C@@H]1CO. The van der Waals surface area contributed by atoms with Gasteiger partial charge in [0.1, 0.15) is 24.4 Å². The van der Waals surface area contributed by atoms with E-state index in [2.05, 4.69) is 19.1 Å². The van der Waals surface area contributed by atoms with Gasteiger partial charge in [0, 0.05) is 6.61 Å². The van der Waals surface area contributed by atoms with E-state index in [0.29, 0.717) is 6.61 Å². The van der Waals surface area contributed by atoms with Gasteiger partial charge in [0.15, 0.2) is 0 Å². The third-order valence-electron chi connectivity index (χ3n) is 5.71. The molecule has 0 spiro atoms. The smallest absolute Gasteiger partial charge is 0.114 e. The first-order valence-corrected chi connectivity index (χ1v) is 12.1. The number of allylic oxidation sites excluding steroid dienone is 2. The quantitative estimate of drug-likeness (QED) is 0.227. The summed E-state index contributed by atoms with van der Waals surface area (Å²) in [5, 5.41) is 29.0. The van der Waals surface area contributed by atoms with Crippen molar-refractivity contribution in [3.63, 3.8) is 0 Å². The molecule has 0 aromatic heterocycles. The number of rotatable bonds is 18. The summed E-state index contributed by atoms with van der Waals surface area (Å²) in [5.41, 5.74) is 0. The van der Waals surface area contributed by atoms with Gasteiger partial charge in [-0.15, -0.1) is 0 Å². The van der Waals surface area contributed by atoms with E-state index in [1.165, 1.54) is 77.0 Å². The molecule has 5 heteroatoms. The highest BCUT2D eigenvalue weighted by Gasteiger charge is 2.39. The maximum atomic E-state index is 10.0. The van der Waals surface area contributed by atoms with Crippen LogP contribution < -0.4 is 0 Å². The monoisotopic (exact) mass is 414 g/mol. The van der Waals surface area contributed by atoms with E-state index in [-0.39, 0.29) is 13.2 Å². The minimum atomic E-state index is -0.988. The van der Waals surface area contributed by atoms with Crippen molar-refractivity contribution in [2.75, 3.05) is 19.8 Å². The van der Waals surface area contributed by atoms with Crippen LogP contribution in [-0.2, 0) is 9.47 Å². The molecule has 0 aromatic carbocycles. The van der Waals surface area contributed by atoms with E-state index in [1.807, 2.05) is 0 Å². The van der Waals surface area contributed by atoms with Gasteiger partial charge >= 0.3 is 0 Å². The molecule has 0 saturated carbocycles. The minimum Gasteiger partial charge on any atom is -0.394 e. The number of aliphatic hydroxyl groups is 3. The second-order valence-electron chi connectivity index (χ2n) is 8.39. The number of aliphatic hydroxyl groups excluding tert-OH is 3. The van der Waals surface area contributed by atoms with E-state index in [1.54, 1.807) is 0 Å². The van der Waals surface area contributed by atoms with Gasteiger partial charge in [-0.2, -0.15) is 0 Å². The molecule has 1 fully saturated rings. The summed E-state index contributed by atoms with van der Waals surface area (Å²) in [6.07, 6.45) is 19.3. The Labute approximate surface area is 178 Å². The average Bonchev–Trinajstić information content (AvgIpc) is 2.73. The third-order valence-corrected chi connectivity index (χ3v) is 5.71. The van der Waals surface area contributed by atoms with Crippen molar-refractivity contribution in [2.24, 2.45) is 0 Å². The summed E-state index contributed by atoms with van der Waals surface area (Å²) >= 11 is 0. The van der Waals surface area contributed by atoms with Gasteiger partial charge in [-0.1, -0.05) is 83.3 Å². The van der Waals surface area contributed by atoms with Crippen LogP contribution in [0.25, 0.3) is 0 Å². The molecule has 0 amide bonds. The fourth-order valence-electron chi connectivity index (χ4n) is 3.79. The summed E-state index contributed by atoms with van der Waals surface area (Å²) in [6, 6.07) is 0. The first kappa shape index (κ1) is 26.6.